The summed E-state index contributed by atoms with van der Waals surface area (Å²) in [5.74, 6) is 2.08. The maximum atomic E-state index is 13.5. The Hall–Kier alpha value is -2.61. The van der Waals surface area contributed by atoms with Crippen molar-refractivity contribution in [3.63, 3.8) is 0 Å². The molecule has 3 aliphatic heterocycles. The zero-order valence-corrected chi connectivity index (χ0v) is 24.0. The Morgan fingerprint density at radius 1 is 0.949 bits per heavy atom. The Labute approximate surface area is 238 Å². The predicted octanol–water partition coefficient (Wildman–Crippen LogP) is 4.21. The first-order valence-corrected chi connectivity index (χ1v) is 14.0. The number of carbonyl (C=O) groups is 2. The minimum absolute atomic E-state index is 0. The van der Waals surface area contributed by atoms with Gasteiger partial charge in [0.15, 0.2) is 0 Å². The van der Waals surface area contributed by atoms with Crippen LogP contribution in [0, 0.1) is 11.3 Å². The average Bonchev–Trinajstić information content (AvgIpc) is 3.51. The van der Waals surface area contributed by atoms with E-state index in [-0.39, 0.29) is 23.7 Å². The standard InChI is InChI=1S/C31H41N3O4.ClH/c1-37-19-12-29(35)34-22-26(28(23-34)25-6-4-3-5-7-25)21-32-16-13-31(14-17-32)15-18-33(30(31)36)20-24-8-10-27(38-2)11-9-24;/h3-11,26,28H,12-23H2,1-2H3;1H. The Morgan fingerprint density at radius 3 is 2.31 bits per heavy atom. The van der Waals surface area contributed by atoms with Crippen LogP contribution in [0.3, 0.4) is 0 Å². The van der Waals surface area contributed by atoms with Crippen molar-refractivity contribution >= 4 is 24.2 Å². The van der Waals surface area contributed by atoms with E-state index in [9.17, 15) is 9.59 Å². The Bertz CT molecular complexity index is 1090. The minimum Gasteiger partial charge on any atom is -0.497 e. The fraction of sp³-hybridized carbons (Fsp3) is 0.548. The molecule has 3 aliphatic rings. The molecule has 0 bridgehead atoms. The van der Waals surface area contributed by atoms with Crippen LogP contribution in [0.15, 0.2) is 54.6 Å². The topological polar surface area (TPSA) is 62.3 Å². The molecule has 3 fully saturated rings. The van der Waals surface area contributed by atoms with E-state index < -0.39 is 0 Å². The van der Waals surface area contributed by atoms with Gasteiger partial charge in [-0.15, -0.1) is 12.4 Å². The van der Waals surface area contributed by atoms with Crippen LogP contribution in [0.4, 0.5) is 0 Å². The minimum atomic E-state index is -0.209. The molecule has 8 heteroatoms. The van der Waals surface area contributed by atoms with Crippen molar-refractivity contribution in [2.45, 2.75) is 38.1 Å². The highest BCUT2D eigenvalue weighted by molar-refractivity contribution is 5.85. The zero-order chi connectivity index (χ0) is 26.5. The van der Waals surface area contributed by atoms with E-state index in [4.69, 9.17) is 9.47 Å². The monoisotopic (exact) mass is 555 g/mol. The number of benzene rings is 2. The number of methoxy groups -OCH3 is 2. The van der Waals surface area contributed by atoms with Crippen LogP contribution in [0.2, 0.25) is 0 Å². The van der Waals surface area contributed by atoms with E-state index in [1.807, 2.05) is 34.1 Å². The molecule has 2 aromatic carbocycles. The maximum absolute atomic E-state index is 13.5. The summed E-state index contributed by atoms with van der Waals surface area (Å²) < 4.78 is 10.4. The lowest BCUT2D eigenvalue weighted by Crippen LogP contribution is -2.46. The highest BCUT2D eigenvalue weighted by Crippen LogP contribution is 2.43. The van der Waals surface area contributed by atoms with Crippen LogP contribution < -0.4 is 4.74 Å². The first-order chi connectivity index (χ1) is 18.5. The maximum Gasteiger partial charge on any atom is 0.229 e. The van der Waals surface area contributed by atoms with Gasteiger partial charge in [-0.1, -0.05) is 42.5 Å². The van der Waals surface area contributed by atoms with E-state index in [1.54, 1.807) is 14.2 Å². The molecule has 2 unspecified atom stereocenters. The third-order valence-electron chi connectivity index (χ3n) is 8.98. The summed E-state index contributed by atoms with van der Waals surface area (Å²) in [7, 11) is 3.31. The van der Waals surface area contributed by atoms with Gasteiger partial charge in [-0.25, -0.2) is 0 Å². The number of amides is 2. The number of piperidine rings is 1. The summed E-state index contributed by atoms with van der Waals surface area (Å²) in [6, 6.07) is 18.6. The number of hydrogen-bond acceptors (Lipinski definition) is 5. The van der Waals surface area contributed by atoms with Crippen LogP contribution in [0.25, 0.3) is 0 Å². The summed E-state index contributed by atoms with van der Waals surface area (Å²) in [6.45, 7) is 6.38. The second kappa shape index (κ2) is 13.2. The molecule has 212 valence electrons. The molecular formula is C31H42ClN3O4. The molecule has 39 heavy (non-hydrogen) atoms. The molecule has 5 rings (SSSR count). The SMILES string of the molecule is COCCC(=O)N1CC(CN2CCC3(CC2)CCN(Cc2ccc(OC)cc2)C3=O)C(c2ccccc2)C1.Cl. The second-order valence-electron chi connectivity index (χ2n) is 11.2. The second-order valence-corrected chi connectivity index (χ2v) is 11.2. The first-order valence-electron chi connectivity index (χ1n) is 14.0. The van der Waals surface area contributed by atoms with Gasteiger partial charge in [0.25, 0.3) is 0 Å². The van der Waals surface area contributed by atoms with Crippen molar-refractivity contribution in [3.05, 3.63) is 65.7 Å². The quantitative estimate of drug-likeness (QED) is 0.464. The Kier molecular flexibility index (Phi) is 9.91. The molecule has 1 spiro atoms. The molecule has 2 atom stereocenters. The van der Waals surface area contributed by atoms with Crippen LogP contribution >= 0.6 is 12.4 Å². The molecule has 3 saturated heterocycles. The largest absolute Gasteiger partial charge is 0.497 e. The Balaban J connectivity index is 0.00000353. The van der Waals surface area contributed by atoms with Gasteiger partial charge in [0.05, 0.1) is 25.6 Å². The molecule has 3 heterocycles. The summed E-state index contributed by atoms with van der Waals surface area (Å²) in [5.41, 5.74) is 2.25. The number of ether oxygens (including phenoxy) is 2. The van der Waals surface area contributed by atoms with E-state index in [2.05, 4.69) is 35.2 Å². The zero-order valence-electron chi connectivity index (χ0n) is 23.2. The molecule has 2 amide bonds. The van der Waals surface area contributed by atoms with Crippen molar-refractivity contribution in [3.8, 4) is 5.75 Å². The van der Waals surface area contributed by atoms with Crippen LogP contribution in [0.1, 0.15) is 42.7 Å². The summed E-state index contributed by atoms with van der Waals surface area (Å²) in [5, 5.41) is 0. The molecule has 0 radical (unpaired) electrons. The van der Waals surface area contributed by atoms with Crippen molar-refractivity contribution < 1.29 is 19.1 Å². The lowest BCUT2D eigenvalue weighted by Gasteiger charge is -2.39. The van der Waals surface area contributed by atoms with E-state index in [0.29, 0.717) is 37.3 Å². The number of halogens is 1. The molecule has 0 saturated carbocycles. The van der Waals surface area contributed by atoms with E-state index >= 15 is 0 Å². The first kappa shape index (κ1) is 29.4. The average molecular weight is 556 g/mol. The summed E-state index contributed by atoms with van der Waals surface area (Å²) in [6.07, 6.45) is 3.23. The van der Waals surface area contributed by atoms with Crippen molar-refractivity contribution in [2.75, 3.05) is 60.1 Å². The third-order valence-corrected chi connectivity index (χ3v) is 8.98. The van der Waals surface area contributed by atoms with Crippen molar-refractivity contribution in [2.24, 2.45) is 11.3 Å². The van der Waals surface area contributed by atoms with Gasteiger partial charge in [-0.05, 0) is 61.5 Å². The van der Waals surface area contributed by atoms with Crippen LogP contribution in [-0.2, 0) is 20.9 Å². The fourth-order valence-electron chi connectivity index (χ4n) is 6.64. The number of nitrogens with zero attached hydrogens (tertiary/aromatic N) is 3. The number of likely N-dealkylation sites (tertiary alicyclic amines) is 3. The molecule has 0 aromatic heterocycles. The highest BCUT2D eigenvalue weighted by atomic mass is 35.5. The van der Waals surface area contributed by atoms with Crippen molar-refractivity contribution in [1.82, 2.24) is 14.7 Å². The molecule has 7 nitrogen and oxygen atoms in total. The third kappa shape index (κ3) is 6.59. The van der Waals surface area contributed by atoms with E-state index in [1.165, 1.54) is 5.56 Å². The predicted molar refractivity (Wildman–Crippen MR) is 154 cm³/mol. The smallest absolute Gasteiger partial charge is 0.229 e. The normalized spacial score (nSPS) is 22.8. The number of hydrogen-bond donors (Lipinski definition) is 0. The lowest BCUT2D eigenvalue weighted by molar-refractivity contribution is -0.139. The molecule has 0 N–H and O–H groups in total. The fourth-order valence-corrected chi connectivity index (χ4v) is 6.64. The van der Waals surface area contributed by atoms with Gasteiger partial charge in [-0.2, -0.15) is 0 Å². The number of carbonyl (C=O) groups excluding carboxylic acids is 2. The summed E-state index contributed by atoms with van der Waals surface area (Å²) >= 11 is 0. The highest BCUT2D eigenvalue weighted by Gasteiger charge is 2.48. The molecule has 0 aliphatic carbocycles. The van der Waals surface area contributed by atoms with Crippen LogP contribution in [0.5, 0.6) is 5.75 Å². The molecule has 2 aromatic rings. The molecular weight excluding hydrogens is 514 g/mol. The van der Waals surface area contributed by atoms with Gasteiger partial charge in [-0.3, -0.25) is 9.59 Å². The lowest BCUT2D eigenvalue weighted by atomic mass is 9.76. The van der Waals surface area contributed by atoms with Gasteiger partial charge in [0, 0.05) is 45.8 Å². The number of rotatable bonds is 9. The van der Waals surface area contributed by atoms with Gasteiger partial charge in [0.2, 0.25) is 11.8 Å². The van der Waals surface area contributed by atoms with Gasteiger partial charge in [0.1, 0.15) is 5.75 Å². The van der Waals surface area contributed by atoms with E-state index in [0.717, 1.165) is 69.8 Å². The summed E-state index contributed by atoms with van der Waals surface area (Å²) in [4.78, 5) is 32.9. The van der Waals surface area contributed by atoms with Gasteiger partial charge >= 0.3 is 0 Å². The Morgan fingerprint density at radius 2 is 1.64 bits per heavy atom. The van der Waals surface area contributed by atoms with Gasteiger partial charge < -0.3 is 24.2 Å². The van der Waals surface area contributed by atoms with Crippen molar-refractivity contribution in [1.29, 1.82) is 0 Å². The van der Waals surface area contributed by atoms with Crippen LogP contribution in [-0.4, -0.2) is 86.6 Å².